The fourth-order valence-corrected chi connectivity index (χ4v) is 2.79. The molecule has 1 N–H and O–H groups in total. The summed E-state index contributed by atoms with van der Waals surface area (Å²) in [6.45, 7) is 2.14. The molecule has 0 amide bonds. The maximum Gasteiger partial charge on any atom is 0.0964 e. The van der Waals surface area contributed by atoms with Crippen LogP contribution in [0.2, 0.25) is 0 Å². The molecule has 0 saturated carbocycles. The van der Waals surface area contributed by atoms with Crippen LogP contribution in [0.5, 0.6) is 0 Å². The molecular weight excluding hydrogens is 218 g/mol. The Kier molecular flexibility index (Phi) is 3.91. The third-order valence-electron chi connectivity index (χ3n) is 2.64. The lowest BCUT2D eigenvalue weighted by molar-refractivity contribution is 0.161. The van der Waals surface area contributed by atoms with Crippen molar-refractivity contribution in [3.05, 3.63) is 29.3 Å². The van der Waals surface area contributed by atoms with E-state index in [0.717, 1.165) is 29.8 Å². The number of nitrogens with zero attached hydrogens (tertiary/aromatic N) is 1. The molecule has 1 unspecified atom stereocenters. The van der Waals surface area contributed by atoms with Crippen molar-refractivity contribution in [3.8, 4) is 0 Å². The summed E-state index contributed by atoms with van der Waals surface area (Å²) in [5.41, 5.74) is 1.05. The number of aliphatic hydroxyl groups is 1. The average molecular weight is 235 g/mol. The molecule has 0 saturated heterocycles. The molecule has 86 valence electrons. The zero-order valence-corrected chi connectivity index (χ0v) is 10.3. The highest BCUT2D eigenvalue weighted by Crippen LogP contribution is 2.23. The van der Waals surface area contributed by atoms with E-state index in [9.17, 15) is 5.11 Å². The van der Waals surface area contributed by atoms with Crippen molar-refractivity contribution in [1.29, 1.82) is 0 Å². The van der Waals surface area contributed by atoms with Crippen LogP contribution >= 0.6 is 11.3 Å². The Hall–Kier alpha value is -0.930. The van der Waals surface area contributed by atoms with Gasteiger partial charge in [-0.15, -0.1) is 11.3 Å². The van der Waals surface area contributed by atoms with E-state index in [1.165, 1.54) is 4.70 Å². The van der Waals surface area contributed by atoms with Crippen molar-refractivity contribution in [1.82, 2.24) is 4.98 Å². The summed E-state index contributed by atoms with van der Waals surface area (Å²) in [6, 6.07) is 8.12. The molecular formula is C13H17NOS. The van der Waals surface area contributed by atoms with Gasteiger partial charge >= 0.3 is 0 Å². The molecule has 0 aliphatic carbocycles. The number of para-hydroxylation sites is 1. The van der Waals surface area contributed by atoms with E-state index in [-0.39, 0.29) is 6.10 Å². The first-order chi connectivity index (χ1) is 7.79. The molecule has 2 aromatic rings. The fraction of sp³-hybridized carbons (Fsp3) is 0.462. The van der Waals surface area contributed by atoms with Gasteiger partial charge in [-0.25, -0.2) is 4.98 Å². The summed E-state index contributed by atoms with van der Waals surface area (Å²) in [6.07, 6.45) is 3.56. The van der Waals surface area contributed by atoms with E-state index in [1.807, 2.05) is 18.2 Å². The molecule has 3 heteroatoms. The first-order valence-electron chi connectivity index (χ1n) is 5.82. The Morgan fingerprint density at radius 1 is 1.38 bits per heavy atom. The molecule has 0 radical (unpaired) electrons. The van der Waals surface area contributed by atoms with Gasteiger partial charge in [-0.3, -0.25) is 0 Å². The van der Waals surface area contributed by atoms with Gasteiger partial charge in [-0.1, -0.05) is 31.9 Å². The minimum atomic E-state index is -0.236. The number of aliphatic hydroxyl groups excluding tert-OH is 1. The molecule has 0 bridgehead atoms. The molecule has 0 aliphatic heterocycles. The Morgan fingerprint density at radius 3 is 2.94 bits per heavy atom. The highest BCUT2D eigenvalue weighted by molar-refractivity contribution is 7.18. The first kappa shape index (κ1) is 11.6. The van der Waals surface area contributed by atoms with Crippen molar-refractivity contribution < 1.29 is 5.11 Å². The number of hydrogen-bond acceptors (Lipinski definition) is 3. The van der Waals surface area contributed by atoms with Gasteiger partial charge in [0.1, 0.15) is 0 Å². The van der Waals surface area contributed by atoms with Crippen LogP contribution in [-0.4, -0.2) is 16.2 Å². The predicted octanol–water partition coefficient (Wildman–Crippen LogP) is 3.39. The quantitative estimate of drug-likeness (QED) is 0.861. The highest BCUT2D eigenvalue weighted by Gasteiger charge is 2.09. The highest BCUT2D eigenvalue weighted by atomic mass is 32.1. The summed E-state index contributed by atoms with van der Waals surface area (Å²) in [5.74, 6) is 0. The second kappa shape index (κ2) is 5.41. The van der Waals surface area contributed by atoms with Gasteiger partial charge in [0.05, 0.1) is 21.3 Å². The molecule has 1 aromatic carbocycles. The molecule has 0 aliphatic rings. The van der Waals surface area contributed by atoms with E-state index in [2.05, 4.69) is 18.0 Å². The van der Waals surface area contributed by atoms with E-state index >= 15 is 0 Å². The average Bonchev–Trinajstić information content (AvgIpc) is 2.68. The second-order valence-corrected chi connectivity index (χ2v) is 5.19. The maximum atomic E-state index is 9.83. The van der Waals surface area contributed by atoms with Gasteiger partial charge < -0.3 is 5.11 Å². The van der Waals surface area contributed by atoms with Crippen LogP contribution in [0.4, 0.5) is 0 Å². The Bertz CT molecular complexity index is 419. The van der Waals surface area contributed by atoms with Crippen LogP contribution < -0.4 is 0 Å². The van der Waals surface area contributed by atoms with Gasteiger partial charge in [0, 0.05) is 6.42 Å². The topological polar surface area (TPSA) is 33.1 Å². The number of thiazole rings is 1. The summed E-state index contributed by atoms with van der Waals surface area (Å²) in [7, 11) is 0. The van der Waals surface area contributed by atoms with Crippen LogP contribution in [-0.2, 0) is 6.42 Å². The Balaban J connectivity index is 2.03. The normalized spacial score (nSPS) is 13.1. The molecule has 2 nitrogen and oxygen atoms in total. The molecule has 0 fully saturated rings. The van der Waals surface area contributed by atoms with Gasteiger partial charge in [0.25, 0.3) is 0 Å². The summed E-state index contributed by atoms with van der Waals surface area (Å²) >= 11 is 1.69. The van der Waals surface area contributed by atoms with E-state index in [0.29, 0.717) is 6.42 Å². The fourth-order valence-electron chi connectivity index (χ4n) is 1.75. The van der Waals surface area contributed by atoms with Crippen molar-refractivity contribution >= 4 is 21.6 Å². The molecule has 1 aromatic heterocycles. The zero-order valence-electron chi connectivity index (χ0n) is 9.52. The van der Waals surface area contributed by atoms with Crippen molar-refractivity contribution in [3.63, 3.8) is 0 Å². The Labute approximate surface area is 100.0 Å². The molecule has 0 spiro atoms. The van der Waals surface area contributed by atoms with Crippen LogP contribution in [0, 0.1) is 0 Å². The lowest BCUT2D eigenvalue weighted by atomic mass is 10.1. The van der Waals surface area contributed by atoms with Crippen molar-refractivity contribution in [2.24, 2.45) is 0 Å². The van der Waals surface area contributed by atoms with Crippen molar-refractivity contribution in [2.75, 3.05) is 0 Å². The molecule has 1 atom stereocenters. The van der Waals surface area contributed by atoms with Gasteiger partial charge in [-0.05, 0) is 18.6 Å². The Morgan fingerprint density at radius 2 is 2.19 bits per heavy atom. The largest absolute Gasteiger partial charge is 0.393 e. The lowest BCUT2D eigenvalue weighted by Gasteiger charge is -2.06. The van der Waals surface area contributed by atoms with Gasteiger partial charge in [0.15, 0.2) is 0 Å². The van der Waals surface area contributed by atoms with Crippen molar-refractivity contribution in [2.45, 2.75) is 38.7 Å². The second-order valence-electron chi connectivity index (χ2n) is 4.08. The number of rotatable bonds is 5. The number of hydrogen-bond donors (Lipinski definition) is 1. The number of aromatic nitrogens is 1. The van der Waals surface area contributed by atoms with Gasteiger partial charge in [0.2, 0.25) is 0 Å². The van der Waals surface area contributed by atoms with Crippen LogP contribution in [0.3, 0.4) is 0 Å². The lowest BCUT2D eigenvalue weighted by Crippen LogP contribution is -2.09. The maximum absolute atomic E-state index is 9.83. The molecule has 16 heavy (non-hydrogen) atoms. The zero-order chi connectivity index (χ0) is 11.4. The number of benzene rings is 1. The van der Waals surface area contributed by atoms with E-state index in [4.69, 9.17) is 0 Å². The van der Waals surface area contributed by atoms with Crippen LogP contribution in [0.15, 0.2) is 24.3 Å². The summed E-state index contributed by atoms with van der Waals surface area (Å²) in [4.78, 5) is 4.52. The minimum absolute atomic E-state index is 0.236. The monoisotopic (exact) mass is 235 g/mol. The number of fused-ring (bicyclic) bond motifs is 1. The SMILES string of the molecule is CCCCC(O)Cc1nc2ccccc2s1. The predicted molar refractivity (Wildman–Crippen MR) is 68.9 cm³/mol. The first-order valence-corrected chi connectivity index (χ1v) is 6.63. The van der Waals surface area contributed by atoms with Crippen LogP contribution in [0.1, 0.15) is 31.2 Å². The van der Waals surface area contributed by atoms with E-state index in [1.54, 1.807) is 11.3 Å². The summed E-state index contributed by atoms with van der Waals surface area (Å²) in [5, 5.41) is 10.9. The van der Waals surface area contributed by atoms with Crippen LogP contribution in [0.25, 0.3) is 10.2 Å². The minimum Gasteiger partial charge on any atom is -0.393 e. The van der Waals surface area contributed by atoms with Gasteiger partial charge in [-0.2, -0.15) is 0 Å². The van der Waals surface area contributed by atoms with E-state index < -0.39 is 0 Å². The molecule has 2 rings (SSSR count). The third kappa shape index (κ3) is 2.80. The smallest absolute Gasteiger partial charge is 0.0964 e. The third-order valence-corrected chi connectivity index (χ3v) is 3.70. The molecule has 1 heterocycles. The standard InChI is InChI=1S/C13H17NOS/c1-2-3-6-10(15)9-13-14-11-7-4-5-8-12(11)16-13/h4-5,7-8,10,15H,2-3,6,9H2,1H3. The number of unbranched alkanes of at least 4 members (excludes halogenated alkanes) is 1. The summed E-state index contributed by atoms with van der Waals surface area (Å²) < 4.78 is 1.21.